The van der Waals surface area contributed by atoms with Crippen molar-refractivity contribution in [1.29, 1.82) is 0 Å². The Morgan fingerprint density at radius 2 is 1.92 bits per heavy atom. The van der Waals surface area contributed by atoms with Crippen molar-refractivity contribution in [3.8, 4) is 0 Å². The van der Waals surface area contributed by atoms with Crippen LogP contribution in [0.3, 0.4) is 0 Å². The number of nitrogens with one attached hydrogen (secondary N) is 1. The van der Waals surface area contributed by atoms with Crippen LogP contribution < -0.4 is 5.32 Å². The molecule has 0 saturated heterocycles. The van der Waals surface area contributed by atoms with Crippen LogP contribution in [-0.2, 0) is 0 Å². The molecule has 0 heterocycles. The van der Waals surface area contributed by atoms with Gasteiger partial charge in [-0.3, -0.25) is 0 Å². The fourth-order valence-electron chi connectivity index (χ4n) is 1.79. The lowest BCUT2D eigenvalue weighted by atomic mass is 9.83. The van der Waals surface area contributed by atoms with Gasteiger partial charge < -0.3 is 5.32 Å². The van der Waals surface area contributed by atoms with Crippen molar-refractivity contribution in [2.24, 2.45) is 5.92 Å². The van der Waals surface area contributed by atoms with E-state index >= 15 is 0 Å². The zero-order valence-corrected chi connectivity index (χ0v) is 8.47. The third kappa shape index (κ3) is 3.51. The van der Waals surface area contributed by atoms with Gasteiger partial charge in [0.1, 0.15) is 0 Å². The van der Waals surface area contributed by atoms with Crippen LogP contribution in [0.25, 0.3) is 0 Å². The molecule has 0 unspecified atom stereocenters. The first-order valence-electron chi connectivity index (χ1n) is 5.83. The molecule has 0 aromatic heterocycles. The van der Waals surface area contributed by atoms with Crippen LogP contribution in [0.2, 0.25) is 0 Å². The van der Waals surface area contributed by atoms with Gasteiger partial charge >= 0.3 is 0 Å². The summed E-state index contributed by atoms with van der Waals surface area (Å²) in [5.41, 5.74) is 0. The van der Waals surface area contributed by atoms with E-state index in [-0.39, 0.29) is 0 Å². The van der Waals surface area contributed by atoms with Crippen LogP contribution >= 0.6 is 0 Å². The summed E-state index contributed by atoms with van der Waals surface area (Å²) in [4.78, 5) is 0. The zero-order chi connectivity index (χ0) is 8.93. The molecular formula is C12H21N. The number of rotatable bonds is 6. The molecule has 2 aliphatic carbocycles. The van der Waals surface area contributed by atoms with Gasteiger partial charge in [-0.25, -0.2) is 0 Å². The molecule has 0 atom stereocenters. The lowest BCUT2D eigenvalue weighted by molar-refractivity contribution is 0.319. The topological polar surface area (TPSA) is 12.0 Å². The second-order valence-electron chi connectivity index (χ2n) is 4.52. The summed E-state index contributed by atoms with van der Waals surface area (Å²) >= 11 is 0. The molecule has 2 aliphatic rings. The Hall–Kier alpha value is -0.300. The summed E-state index contributed by atoms with van der Waals surface area (Å²) in [5, 5.41) is 3.52. The summed E-state index contributed by atoms with van der Waals surface area (Å²) in [5.74, 6) is 1.03. The Morgan fingerprint density at radius 1 is 1.08 bits per heavy atom. The largest absolute Gasteiger partial charge is 0.314 e. The predicted octanol–water partition coefficient (Wildman–Crippen LogP) is 2.87. The summed E-state index contributed by atoms with van der Waals surface area (Å²) in [6, 6.07) is 0.875. The number of hydrogen-bond donors (Lipinski definition) is 1. The van der Waals surface area contributed by atoms with Crippen LogP contribution in [-0.4, -0.2) is 12.6 Å². The highest BCUT2D eigenvalue weighted by atomic mass is 14.9. The van der Waals surface area contributed by atoms with Crippen molar-refractivity contribution in [2.75, 3.05) is 6.54 Å². The van der Waals surface area contributed by atoms with Crippen molar-refractivity contribution in [3.63, 3.8) is 0 Å². The molecule has 2 rings (SSSR count). The molecule has 13 heavy (non-hydrogen) atoms. The lowest BCUT2D eigenvalue weighted by Gasteiger charge is -2.23. The maximum Gasteiger partial charge on any atom is 0.00683 e. The van der Waals surface area contributed by atoms with Crippen LogP contribution in [0.5, 0.6) is 0 Å². The highest BCUT2D eigenvalue weighted by molar-refractivity contribution is 4.88. The minimum atomic E-state index is 0.875. The predicted molar refractivity (Wildman–Crippen MR) is 56.7 cm³/mol. The van der Waals surface area contributed by atoms with Crippen molar-refractivity contribution in [3.05, 3.63) is 12.2 Å². The lowest BCUT2D eigenvalue weighted by Crippen LogP contribution is -2.16. The molecule has 2 fully saturated rings. The Bertz CT molecular complexity index is 166. The second kappa shape index (κ2) is 4.80. The van der Waals surface area contributed by atoms with E-state index in [0.717, 1.165) is 12.0 Å². The van der Waals surface area contributed by atoms with Gasteiger partial charge in [0.15, 0.2) is 0 Å². The van der Waals surface area contributed by atoms with E-state index in [2.05, 4.69) is 17.5 Å². The van der Waals surface area contributed by atoms with Crippen molar-refractivity contribution in [1.82, 2.24) is 5.32 Å². The van der Waals surface area contributed by atoms with Crippen molar-refractivity contribution < 1.29 is 0 Å². The van der Waals surface area contributed by atoms with E-state index < -0.39 is 0 Å². The molecule has 1 nitrogen and oxygen atoms in total. The molecule has 0 bridgehead atoms. The van der Waals surface area contributed by atoms with Gasteiger partial charge in [-0.2, -0.15) is 0 Å². The van der Waals surface area contributed by atoms with Gasteiger partial charge in [0.2, 0.25) is 0 Å². The van der Waals surface area contributed by atoms with Crippen LogP contribution in [0.15, 0.2) is 12.2 Å². The number of hydrogen-bond acceptors (Lipinski definition) is 1. The minimum Gasteiger partial charge on any atom is -0.314 e. The molecule has 74 valence electrons. The van der Waals surface area contributed by atoms with E-state index in [0.29, 0.717) is 0 Å². The Kier molecular flexibility index (Phi) is 3.42. The maximum atomic E-state index is 3.52. The van der Waals surface area contributed by atoms with Gasteiger partial charge in [-0.05, 0) is 38.1 Å². The molecule has 0 radical (unpaired) electrons. The van der Waals surface area contributed by atoms with Gasteiger partial charge in [-0.15, -0.1) is 0 Å². The first-order valence-corrected chi connectivity index (χ1v) is 5.83. The highest BCUT2D eigenvalue weighted by Gasteiger charge is 2.19. The SMILES string of the molecule is C(=CCC1CCC1)CCNC1CC1. The first kappa shape index (κ1) is 9.26. The molecule has 0 amide bonds. The van der Waals surface area contributed by atoms with Crippen LogP contribution in [0.1, 0.15) is 44.9 Å². The average Bonchev–Trinajstić information content (AvgIpc) is 2.83. The van der Waals surface area contributed by atoms with Crippen LogP contribution in [0.4, 0.5) is 0 Å². The minimum absolute atomic E-state index is 0.875. The third-order valence-corrected chi connectivity index (χ3v) is 3.18. The maximum absolute atomic E-state index is 3.52. The average molecular weight is 179 g/mol. The molecule has 2 saturated carbocycles. The fourth-order valence-corrected chi connectivity index (χ4v) is 1.79. The van der Waals surface area contributed by atoms with Crippen molar-refractivity contribution in [2.45, 2.75) is 51.0 Å². The first-order chi connectivity index (χ1) is 6.45. The Morgan fingerprint density at radius 3 is 2.54 bits per heavy atom. The standard InChI is InChI=1S/C12H21N/c1(2-5-11-6-4-7-11)3-10-13-12-8-9-12/h1-2,11-13H,3-10H2. The molecular weight excluding hydrogens is 158 g/mol. The van der Waals surface area contributed by atoms with E-state index in [9.17, 15) is 0 Å². The molecule has 0 aliphatic heterocycles. The molecule has 0 aromatic rings. The highest BCUT2D eigenvalue weighted by Crippen LogP contribution is 2.29. The summed E-state index contributed by atoms with van der Waals surface area (Å²) in [6.45, 7) is 1.19. The monoisotopic (exact) mass is 179 g/mol. The van der Waals surface area contributed by atoms with Gasteiger partial charge in [0.05, 0.1) is 0 Å². The smallest absolute Gasteiger partial charge is 0.00683 e. The fraction of sp³-hybridized carbons (Fsp3) is 0.833. The van der Waals surface area contributed by atoms with Gasteiger partial charge in [0, 0.05) is 6.04 Å². The number of allylic oxidation sites excluding steroid dienone is 1. The Balaban J connectivity index is 1.41. The van der Waals surface area contributed by atoms with Crippen LogP contribution in [0, 0.1) is 5.92 Å². The quantitative estimate of drug-likeness (QED) is 0.488. The summed E-state index contributed by atoms with van der Waals surface area (Å²) < 4.78 is 0. The third-order valence-electron chi connectivity index (χ3n) is 3.18. The normalized spacial score (nSPS) is 23.7. The Labute approximate surface area is 81.6 Å². The van der Waals surface area contributed by atoms with E-state index in [4.69, 9.17) is 0 Å². The van der Waals surface area contributed by atoms with Crippen molar-refractivity contribution >= 4 is 0 Å². The summed E-state index contributed by atoms with van der Waals surface area (Å²) in [6.07, 6.45) is 14.5. The molecule has 1 heteroatoms. The van der Waals surface area contributed by atoms with E-state index in [1.165, 1.54) is 51.5 Å². The van der Waals surface area contributed by atoms with Gasteiger partial charge in [-0.1, -0.05) is 31.4 Å². The second-order valence-corrected chi connectivity index (χ2v) is 4.52. The zero-order valence-electron chi connectivity index (χ0n) is 8.47. The molecule has 1 N–H and O–H groups in total. The van der Waals surface area contributed by atoms with E-state index in [1.54, 1.807) is 0 Å². The van der Waals surface area contributed by atoms with E-state index in [1.807, 2.05) is 0 Å². The molecule has 0 spiro atoms. The summed E-state index contributed by atoms with van der Waals surface area (Å²) in [7, 11) is 0. The van der Waals surface area contributed by atoms with Gasteiger partial charge in [0.25, 0.3) is 0 Å². The molecule has 0 aromatic carbocycles.